The number of hydrogen-bond donors (Lipinski definition) is 1. The van der Waals surface area contributed by atoms with Gasteiger partial charge in [0.15, 0.2) is 0 Å². The van der Waals surface area contributed by atoms with Gasteiger partial charge in [-0.15, -0.1) is 0 Å². The summed E-state index contributed by atoms with van der Waals surface area (Å²) in [5, 5.41) is 9.50. The molecule has 22 heavy (non-hydrogen) atoms. The average Bonchev–Trinajstić information content (AvgIpc) is 2.88. The standard InChI is InChI=1S/C18H20N2O2/c1-13-6-5-7-14(2)18(13)22-11-10-20-16-9-4-3-8-15(16)19-17(20)12-21/h3-9,21H,10-12H2,1-2H3. The van der Waals surface area contributed by atoms with Crippen molar-refractivity contribution in [3.63, 3.8) is 0 Å². The normalized spacial score (nSPS) is 11.0. The molecule has 0 spiro atoms. The van der Waals surface area contributed by atoms with Crippen molar-refractivity contribution >= 4 is 11.0 Å². The number of fused-ring (bicyclic) bond motifs is 1. The SMILES string of the molecule is Cc1cccc(C)c1OCCn1c(CO)nc2ccccc21. The van der Waals surface area contributed by atoms with Crippen LogP contribution >= 0.6 is 0 Å². The van der Waals surface area contributed by atoms with Crippen molar-refractivity contribution in [3.8, 4) is 5.75 Å². The molecule has 3 aromatic rings. The van der Waals surface area contributed by atoms with Crippen LogP contribution in [0.15, 0.2) is 42.5 Å². The van der Waals surface area contributed by atoms with Crippen molar-refractivity contribution in [2.24, 2.45) is 0 Å². The fourth-order valence-corrected chi connectivity index (χ4v) is 2.76. The first kappa shape index (κ1) is 14.6. The number of aliphatic hydroxyl groups excluding tert-OH is 1. The zero-order chi connectivity index (χ0) is 15.5. The number of aromatic nitrogens is 2. The minimum Gasteiger partial charge on any atom is -0.491 e. The van der Waals surface area contributed by atoms with Gasteiger partial charge in [-0.2, -0.15) is 0 Å². The first-order valence-corrected chi connectivity index (χ1v) is 7.44. The molecule has 0 unspecified atom stereocenters. The third-order valence-corrected chi connectivity index (χ3v) is 3.85. The van der Waals surface area contributed by atoms with Gasteiger partial charge in [0.2, 0.25) is 0 Å². The van der Waals surface area contributed by atoms with Gasteiger partial charge in [-0.05, 0) is 37.1 Å². The second-order valence-electron chi connectivity index (χ2n) is 5.40. The van der Waals surface area contributed by atoms with Gasteiger partial charge < -0.3 is 14.4 Å². The number of benzene rings is 2. The molecule has 1 heterocycles. The van der Waals surface area contributed by atoms with Crippen LogP contribution < -0.4 is 4.74 Å². The van der Waals surface area contributed by atoms with Crippen molar-refractivity contribution in [1.29, 1.82) is 0 Å². The Balaban J connectivity index is 1.79. The molecule has 3 rings (SSSR count). The number of imidazole rings is 1. The molecular formula is C18H20N2O2. The Morgan fingerprint density at radius 3 is 2.50 bits per heavy atom. The van der Waals surface area contributed by atoms with Gasteiger partial charge in [-0.3, -0.25) is 0 Å². The minimum absolute atomic E-state index is 0.0714. The lowest BCUT2D eigenvalue weighted by molar-refractivity contribution is 0.255. The maximum atomic E-state index is 9.50. The highest BCUT2D eigenvalue weighted by Gasteiger charge is 2.10. The maximum Gasteiger partial charge on any atom is 0.135 e. The molecule has 0 saturated carbocycles. The van der Waals surface area contributed by atoms with E-state index in [1.807, 2.05) is 60.9 Å². The summed E-state index contributed by atoms with van der Waals surface area (Å²) in [6.07, 6.45) is 0. The molecule has 0 radical (unpaired) electrons. The van der Waals surface area contributed by atoms with Crippen molar-refractivity contribution in [2.45, 2.75) is 27.0 Å². The number of ether oxygens (including phenoxy) is 1. The summed E-state index contributed by atoms with van der Waals surface area (Å²) in [5.74, 6) is 1.61. The van der Waals surface area contributed by atoms with E-state index in [1.54, 1.807) is 0 Å². The second-order valence-corrected chi connectivity index (χ2v) is 5.40. The molecule has 4 heteroatoms. The van der Waals surface area contributed by atoms with Gasteiger partial charge in [0.1, 0.15) is 24.8 Å². The molecule has 2 aromatic carbocycles. The number of aliphatic hydroxyl groups is 1. The topological polar surface area (TPSA) is 47.3 Å². The summed E-state index contributed by atoms with van der Waals surface area (Å²) >= 11 is 0. The molecule has 0 bridgehead atoms. The molecule has 1 aromatic heterocycles. The van der Waals surface area contributed by atoms with E-state index < -0.39 is 0 Å². The molecular weight excluding hydrogens is 276 g/mol. The molecule has 0 amide bonds. The third-order valence-electron chi connectivity index (χ3n) is 3.85. The smallest absolute Gasteiger partial charge is 0.135 e. The van der Waals surface area contributed by atoms with Crippen LogP contribution in [-0.2, 0) is 13.2 Å². The average molecular weight is 296 g/mol. The van der Waals surface area contributed by atoms with Crippen LogP contribution in [0.3, 0.4) is 0 Å². The summed E-state index contributed by atoms with van der Waals surface area (Å²) in [6.45, 7) is 5.23. The lowest BCUT2D eigenvalue weighted by atomic mass is 10.1. The Morgan fingerprint density at radius 1 is 1.05 bits per heavy atom. The predicted octanol–water partition coefficient (Wildman–Crippen LogP) is 3.22. The lowest BCUT2D eigenvalue weighted by Gasteiger charge is -2.13. The third kappa shape index (κ3) is 2.70. The minimum atomic E-state index is -0.0714. The van der Waals surface area contributed by atoms with E-state index >= 15 is 0 Å². The fraction of sp³-hybridized carbons (Fsp3) is 0.278. The van der Waals surface area contributed by atoms with Gasteiger partial charge in [-0.1, -0.05) is 30.3 Å². The highest BCUT2D eigenvalue weighted by Crippen LogP contribution is 2.22. The Labute approximate surface area is 130 Å². The molecule has 0 aliphatic carbocycles. The van der Waals surface area contributed by atoms with Crippen molar-refractivity contribution in [1.82, 2.24) is 9.55 Å². The Bertz CT molecular complexity index is 773. The van der Waals surface area contributed by atoms with Gasteiger partial charge in [0.05, 0.1) is 17.6 Å². The molecule has 0 aliphatic heterocycles. The quantitative estimate of drug-likeness (QED) is 0.786. The number of aryl methyl sites for hydroxylation is 2. The molecule has 4 nitrogen and oxygen atoms in total. The molecule has 0 saturated heterocycles. The van der Waals surface area contributed by atoms with Crippen LogP contribution in [0.25, 0.3) is 11.0 Å². The second kappa shape index (κ2) is 6.20. The van der Waals surface area contributed by atoms with Gasteiger partial charge in [-0.25, -0.2) is 4.98 Å². The highest BCUT2D eigenvalue weighted by atomic mass is 16.5. The monoisotopic (exact) mass is 296 g/mol. The first-order valence-electron chi connectivity index (χ1n) is 7.44. The van der Waals surface area contributed by atoms with E-state index in [9.17, 15) is 5.11 Å². The Hall–Kier alpha value is -2.33. The van der Waals surface area contributed by atoms with E-state index in [4.69, 9.17) is 4.74 Å². The zero-order valence-electron chi connectivity index (χ0n) is 12.9. The summed E-state index contributed by atoms with van der Waals surface area (Å²) in [6, 6.07) is 14.0. The van der Waals surface area contributed by atoms with E-state index in [1.165, 1.54) is 0 Å². The number of rotatable bonds is 5. The molecule has 0 aliphatic rings. The van der Waals surface area contributed by atoms with Crippen molar-refractivity contribution in [3.05, 3.63) is 59.4 Å². The molecule has 114 valence electrons. The maximum absolute atomic E-state index is 9.50. The van der Waals surface area contributed by atoms with Gasteiger partial charge in [0.25, 0.3) is 0 Å². The van der Waals surface area contributed by atoms with Crippen LogP contribution in [0.4, 0.5) is 0 Å². The summed E-state index contributed by atoms with van der Waals surface area (Å²) in [5.41, 5.74) is 4.20. The van der Waals surface area contributed by atoms with Crippen molar-refractivity contribution in [2.75, 3.05) is 6.61 Å². The Morgan fingerprint density at radius 2 is 1.77 bits per heavy atom. The number of nitrogens with zero attached hydrogens (tertiary/aromatic N) is 2. The molecule has 0 fully saturated rings. The number of hydrogen-bond acceptors (Lipinski definition) is 3. The predicted molar refractivity (Wildman–Crippen MR) is 87.1 cm³/mol. The van der Waals surface area contributed by atoms with Crippen LogP contribution in [0.1, 0.15) is 17.0 Å². The van der Waals surface area contributed by atoms with Crippen LogP contribution in [0.2, 0.25) is 0 Å². The lowest BCUT2D eigenvalue weighted by Crippen LogP contribution is -2.12. The number of para-hydroxylation sites is 3. The largest absolute Gasteiger partial charge is 0.491 e. The summed E-state index contributed by atoms with van der Waals surface area (Å²) in [7, 11) is 0. The van der Waals surface area contributed by atoms with Crippen molar-refractivity contribution < 1.29 is 9.84 Å². The van der Waals surface area contributed by atoms with E-state index in [0.29, 0.717) is 19.0 Å². The van der Waals surface area contributed by atoms with Crippen LogP contribution in [0, 0.1) is 13.8 Å². The molecule has 0 atom stereocenters. The summed E-state index contributed by atoms with van der Waals surface area (Å²) < 4.78 is 7.98. The van der Waals surface area contributed by atoms with Crippen LogP contribution in [-0.4, -0.2) is 21.3 Å². The van der Waals surface area contributed by atoms with E-state index in [2.05, 4.69) is 4.98 Å². The van der Waals surface area contributed by atoms with Crippen LogP contribution in [0.5, 0.6) is 5.75 Å². The van der Waals surface area contributed by atoms with Gasteiger partial charge in [0, 0.05) is 0 Å². The van der Waals surface area contributed by atoms with E-state index in [-0.39, 0.29) is 6.61 Å². The highest BCUT2D eigenvalue weighted by molar-refractivity contribution is 5.75. The molecule has 1 N–H and O–H groups in total. The fourth-order valence-electron chi connectivity index (χ4n) is 2.76. The Kier molecular flexibility index (Phi) is 4.11. The van der Waals surface area contributed by atoms with Gasteiger partial charge >= 0.3 is 0 Å². The first-order chi connectivity index (χ1) is 10.7. The zero-order valence-corrected chi connectivity index (χ0v) is 12.9. The van der Waals surface area contributed by atoms with E-state index in [0.717, 1.165) is 27.9 Å². The summed E-state index contributed by atoms with van der Waals surface area (Å²) in [4.78, 5) is 4.45.